The first kappa shape index (κ1) is 30.3. The van der Waals surface area contributed by atoms with Gasteiger partial charge in [-0.15, -0.1) is 0 Å². The van der Waals surface area contributed by atoms with Gasteiger partial charge in [-0.1, -0.05) is 68.8 Å². The van der Waals surface area contributed by atoms with Crippen LogP contribution in [0.3, 0.4) is 0 Å². The molecule has 11 heteroatoms. The number of para-hydroxylation sites is 1. The minimum atomic E-state index is -1.43. The number of aliphatic hydroxyl groups excluding tert-OH is 1. The van der Waals surface area contributed by atoms with E-state index in [-0.39, 0.29) is 18.8 Å². The van der Waals surface area contributed by atoms with Crippen molar-refractivity contribution in [2.45, 2.75) is 57.3 Å². The van der Waals surface area contributed by atoms with E-state index in [1.165, 1.54) is 0 Å². The zero-order valence-corrected chi connectivity index (χ0v) is 22.6. The fourth-order valence-corrected chi connectivity index (χ4v) is 4.37. The lowest BCUT2D eigenvalue weighted by molar-refractivity contribution is -0.142. The van der Waals surface area contributed by atoms with Crippen molar-refractivity contribution in [2.75, 3.05) is 6.61 Å². The Morgan fingerprint density at radius 3 is 2.17 bits per heavy atom. The SMILES string of the molecule is CCC(C)C(NC(=O)C(N)Cc1ccccc1)C(=O)NC(CO)C(=O)NC(Cc1c[nH]c2ccccc12)C(=O)O. The molecule has 11 nitrogen and oxygen atoms in total. The van der Waals surface area contributed by atoms with E-state index in [2.05, 4.69) is 20.9 Å². The number of hydrogen-bond donors (Lipinski definition) is 7. The van der Waals surface area contributed by atoms with E-state index in [4.69, 9.17) is 5.73 Å². The number of carbonyl (C=O) groups excluding carboxylic acids is 3. The number of aromatic amines is 1. The Morgan fingerprint density at radius 1 is 0.875 bits per heavy atom. The molecular weight excluding hydrogens is 514 g/mol. The molecule has 5 unspecified atom stereocenters. The Bertz CT molecular complexity index is 1310. The fourth-order valence-electron chi connectivity index (χ4n) is 4.37. The number of carboxylic acids is 1. The molecule has 0 aliphatic heterocycles. The maximum absolute atomic E-state index is 13.2. The summed E-state index contributed by atoms with van der Waals surface area (Å²) < 4.78 is 0. The fraction of sp³-hybridized carbons (Fsp3) is 0.379. The van der Waals surface area contributed by atoms with Gasteiger partial charge in [0.1, 0.15) is 18.1 Å². The van der Waals surface area contributed by atoms with Crippen LogP contribution in [0.5, 0.6) is 0 Å². The van der Waals surface area contributed by atoms with E-state index in [9.17, 15) is 29.4 Å². The molecule has 3 amide bonds. The van der Waals surface area contributed by atoms with Crippen molar-refractivity contribution in [3.05, 3.63) is 71.9 Å². The highest BCUT2D eigenvalue weighted by molar-refractivity contribution is 5.94. The van der Waals surface area contributed by atoms with Crippen LogP contribution in [0.15, 0.2) is 60.8 Å². The number of aromatic nitrogens is 1. The number of nitrogens with two attached hydrogens (primary N) is 1. The number of rotatable bonds is 14. The van der Waals surface area contributed by atoms with Crippen molar-refractivity contribution in [3.8, 4) is 0 Å². The summed E-state index contributed by atoms with van der Waals surface area (Å²) in [7, 11) is 0. The van der Waals surface area contributed by atoms with Crippen LogP contribution in [-0.4, -0.2) is 69.7 Å². The molecule has 2 aromatic carbocycles. The number of fused-ring (bicyclic) bond motifs is 1. The summed E-state index contributed by atoms with van der Waals surface area (Å²) in [6, 6.07) is 11.9. The summed E-state index contributed by atoms with van der Waals surface area (Å²) in [5.74, 6) is -3.66. The predicted molar refractivity (Wildman–Crippen MR) is 150 cm³/mol. The second kappa shape index (κ2) is 14.2. The molecule has 0 aliphatic rings. The first-order chi connectivity index (χ1) is 19.1. The standard InChI is InChI=1S/C29H37N5O6/c1-3-17(2)25(34-26(36)21(30)13-18-9-5-4-6-10-18)28(38)33-24(16-35)27(37)32-23(29(39)40)14-19-15-31-22-12-8-7-11-20(19)22/h4-12,15,17,21,23-25,31,35H,3,13-14,16,30H2,1-2H3,(H,32,37)(H,33,38)(H,34,36)(H,39,40). The second-order valence-electron chi connectivity index (χ2n) is 9.87. The lowest BCUT2D eigenvalue weighted by atomic mass is 9.97. The Labute approximate surface area is 232 Å². The Morgan fingerprint density at radius 2 is 1.52 bits per heavy atom. The zero-order valence-electron chi connectivity index (χ0n) is 22.6. The van der Waals surface area contributed by atoms with Crippen LogP contribution in [0.1, 0.15) is 31.4 Å². The summed E-state index contributed by atoms with van der Waals surface area (Å²) in [6.07, 6.45) is 2.48. The van der Waals surface area contributed by atoms with Crippen molar-refractivity contribution in [3.63, 3.8) is 0 Å². The topological polar surface area (TPSA) is 187 Å². The largest absolute Gasteiger partial charge is 0.480 e. The van der Waals surface area contributed by atoms with Crippen molar-refractivity contribution < 1.29 is 29.4 Å². The highest BCUT2D eigenvalue weighted by atomic mass is 16.4. The first-order valence-corrected chi connectivity index (χ1v) is 13.2. The molecular formula is C29H37N5O6. The Hall–Kier alpha value is -4.22. The van der Waals surface area contributed by atoms with E-state index < -0.39 is 54.5 Å². The maximum atomic E-state index is 13.2. The van der Waals surface area contributed by atoms with Gasteiger partial charge in [-0.2, -0.15) is 0 Å². The summed E-state index contributed by atoms with van der Waals surface area (Å²) in [6.45, 7) is 2.84. The van der Waals surface area contributed by atoms with Gasteiger partial charge in [0, 0.05) is 23.5 Å². The number of benzene rings is 2. The van der Waals surface area contributed by atoms with Gasteiger partial charge >= 0.3 is 5.97 Å². The molecule has 0 fully saturated rings. The molecule has 0 bridgehead atoms. The normalized spacial score (nSPS) is 14.9. The van der Waals surface area contributed by atoms with Crippen LogP contribution < -0.4 is 21.7 Å². The smallest absolute Gasteiger partial charge is 0.326 e. The minimum Gasteiger partial charge on any atom is -0.480 e. The minimum absolute atomic E-state index is 0.0119. The molecule has 3 rings (SSSR count). The van der Waals surface area contributed by atoms with Crippen LogP contribution in [0, 0.1) is 5.92 Å². The highest BCUT2D eigenvalue weighted by Crippen LogP contribution is 2.19. The van der Waals surface area contributed by atoms with Gasteiger partial charge in [0.25, 0.3) is 0 Å². The van der Waals surface area contributed by atoms with Gasteiger partial charge in [0.15, 0.2) is 0 Å². The molecule has 40 heavy (non-hydrogen) atoms. The van der Waals surface area contributed by atoms with Gasteiger partial charge in [0.05, 0.1) is 12.6 Å². The number of hydrogen-bond acceptors (Lipinski definition) is 6. The molecule has 0 saturated carbocycles. The monoisotopic (exact) mass is 551 g/mol. The first-order valence-electron chi connectivity index (χ1n) is 13.2. The number of carboxylic acid groups (broad SMARTS) is 1. The molecule has 1 aromatic heterocycles. The number of aliphatic carboxylic acids is 1. The third kappa shape index (κ3) is 7.90. The van der Waals surface area contributed by atoms with Crippen molar-refractivity contribution in [2.24, 2.45) is 11.7 Å². The van der Waals surface area contributed by atoms with Gasteiger partial charge in [-0.25, -0.2) is 4.79 Å². The summed E-state index contributed by atoms with van der Waals surface area (Å²) in [5, 5.41) is 28.0. The highest BCUT2D eigenvalue weighted by Gasteiger charge is 2.32. The zero-order chi connectivity index (χ0) is 29.2. The molecule has 0 saturated heterocycles. The molecule has 8 N–H and O–H groups in total. The van der Waals surface area contributed by atoms with Gasteiger partial charge in [-0.3, -0.25) is 14.4 Å². The number of H-pyrrole nitrogens is 1. The average molecular weight is 552 g/mol. The van der Waals surface area contributed by atoms with E-state index in [0.29, 0.717) is 12.0 Å². The molecule has 0 radical (unpaired) electrons. The summed E-state index contributed by atoms with van der Waals surface area (Å²) >= 11 is 0. The van der Waals surface area contributed by atoms with Crippen LogP contribution in [0.4, 0.5) is 0 Å². The molecule has 1 heterocycles. The van der Waals surface area contributed by atoms with E-state index in [1.54, 1.807) is 13.1 Å². The quantitative estimate of drug-likeness (QED) is 0.155. The van der Waals surface area contributed by atoms with Crippen molar-refractivity contribution in [1.29, 1.82) is 0 Å². The number of nitrogens with one attached hydrogen (secondary N) is 4. The lowest BCUT2D eigenvalue weighted by Crippen LogP contribution is -2.59. The van der Waals surface area contributed by atoms with Crippen molar-refractivity contribution in [1.82, 2.24) is 20.9 Å². The predicted octanol–water partition coefficient (Wildman–Crippen LogP) is 0.858. The third-order valence-corrected chi connectivity index (χ3v) is 6.96. The molecule has 214 valence electrons. The summed E-state index contributed by atoms with van der Waals surface area (Å²) in [5.41, 5.74) is 8.47. The average Bonchev–Trinajstić information content (AvgIpc) is 3.36. The van der Waals surface area contributed by atoms with Crippen LogP contribution in [0.25, 0.3) is 10.9 Å². The molecule has 5 atom stereocenters. The Kier molecular flexibility index (Phi) is 10.8. The van der Waals surface area contributed by atoms with Gasteiger partial charge < -0.3 is 36.9 Å². The number of amides is 3. The van der Waals surface area contributed by atoms with Gasteiger partial charge in [-0.05, 0) is 29.5 Å². The van der Waals surface area contributed by atoms with E-state index in [1.807, 2.05) is 61.5 Å². The lowest BCUT2D eigenvalue weighted by Gasteiger charge is -2.27. The van der Waals surface area contributed by atoms with Crippen molar-refractivity contribution >= 4 is 34.6 Å². The third-order valence-electron chi connectivity index (χ3n) is 6.96. The molecule has 3 aromatic rings. The molecule has 0 aliphatic carbocycles. The van der Waals surface area contributed by atoms with Crippen LogP contribution >= 0.6 is 0 Å². The molecule has 0 spiro atoms. The van der Waals surface area contributed by atoms with E-state index >= 15 is 0 Å². The summed E-state index contributed by atoms with van der Waals surface area (Å²) in [4.78, 5) is 54.0. The number of aliphatic hydroxyl groups is 1. The van der Waals surface area contributed by atoms with Crippen LogP contribution in [0.2, 0.25) is 0 Å². The Balaban J connectivity index is 1.65. The second-order valence-corrected chi connectivity index (χ2v) is 9.87. The van der Waals surface area contributed by atoms with Crippen LogP contribution in [-0.2, 0) is 32.0 Å². The van der Waals surface area contributed by atoms with E-state index in [0.717, 1.165) is 16.5 Å². The maximum Gasteiger partial charge on any atom is 0.326 e. The number of carbonyl (C=O) groups is 4. The van der Waals surface area contributed by atoms with Gasteiger partial charge in [0.2, 0.25) is 17.7 Å².